The molecule has 6 saturated carbocycles. The Bertz CT molecular complexity index is 2570. The summed E-state index contributed by atoms with van der Waals surface area (Å²) in [6.07, 6.45) is 18.2. The van der Waals surface area contributed by atoms with Gasteiger partial charge in [-0.2, -0.15) is 0 Å². The first-order valence-electron chi connectivity index (χ1n) is 29.8. The van der Waals surface area contributed by atoms with Gasteiger partial charge in [-0.1, -0.05) is 88.3 Å². The summed E-state index contributed by atoms with van der Waals surface area (Å²) in [5.41, 5.74) is -4.30. The van der Waals surface area contributed by atoms with Gasteiger partial charge in [-0.3, -0.25) is 14.9 Å². The van der Waals surface area contributed by atoms with Gasteiger partial charge in [0.2, 0.25) is 0 Å². The Morgan fingerprint density at radius 2 is 1.65 bits per heavy atom. The molecule has 1 aromatic carbocycles. The first kappa shape index (κ1) is 49.7. The van der Waals surface area contributed by atoms with Crippen molar-refractivity contribution in [2.75, 3.05) is 26.4 Å². The molecule has 75 heavy (non-hydrogen) atoms. The van der Waals surface area contributed by atoms with Crippen LogP contribution in [0.15, 0.2) is 59.4 Å². The second-order valence-electron chi connectivity index (χ2n) is 27.1. The van der Waals surface area contributed by atoms with E-state index in [1.54, 1.807) is 6.26 Å². The topological polar surface area (TPSA) is 181 Å². The van der Waals surface area contributed by atoms with E-state index in [9.17, 15) is 20.1 Å². The van der Waals surface area contributed by atoms with Gasteiger partial charge < -0.3 is 43.6 Å². The van der Waals surface area contributed by atoms with E-state index >= 15 is 9.59 Å². The lowest BCUT2D eigenvalue weighted by atomic mass is 9.32. The Labute approximate surface area is 442 Å². The van der Waals surface area contributed by atoms with Crippen molar-refractivity contribution in [3.63, 3.8) is 0 Å². The quantitative estimate of drug-likeness (QED) is 0.132. The van der Waals surface area contributed by atoms with E-state index in [0.29, 0.717) is 55.7 Å². The SMILES string of the molecule is C[C@@]12CC[C@@H]3[C@@]45COC(=O)C6(CCCC6)[C@@H]4O[C@](C)(C4CCCCC4)[C@H]5C(=O)[C@@H](O)[C@@]3([C@H]3CCC[C@@H](Cc4ccccc4)C3)[C@]13O[C@@H]3C(=O)O[C@H]2c1ccoc1C[C@@H]([C@H]1CC[C@H]2[C@H](C=CN3CNC[C@H]23)C1)[C@H](O)CO. The Kier molecular flexibility index (Phi) is 11.9. The third-order valence-corrected chi connectivity index (χ3v) is 24.2. The Balaban J connectivity index is 0.891. The molecule has 0 bridgehead atoms. The number of cyclic esters (lactones) is 2. The van der Waals surface area contributed by atoms with Crippen LogP contribution in [0, 0.1) is 74.9 Å². The van der Waals surface area contributed by atoms with E-state index in [4.69, 9.17) is 23.4 Å². The summed E-state index contributed by atoms with van der Waals surface area (Å²) in [4.78, 5) is 49.0. The molecule has 7 heterocycles. The van der Waals surface area contributed by atoms with Crippen LogP contribution in [0.2, 0.25) is 0 Å². The fraction of sp³-hybridized carbons (Fsp3) is 0.758. The molecule has 0 radical (unpaired) electrons. The maximum atomic E-state index is 16.7. The van der Waals surface area contributed by atoms with Crippen molar-refractivity contribution in [2.45, 2.75) is 190 Å². The molecule has 3 spiro atoms. The van der Waals surface area contributed by atoms with Gasteiger partial charge in [0.1, 0.15) is 30.2 Å². The van der Waals surface area contributed by atoms with Gasteiger partial charge in [0.15, 0.2) is 11.9 Å². The van der Waals surface area contributed by atoms with Crippen LogP contribution in [0.5, 0.6) is 0 Å². The molecule has 406 valence electrons. The summed E-state index contributed by atoms with van der Waals surface area (Å²) < 4.78 is 35.1. The van der Waals surface area contributed by atoms with Crippen molar-refractivity contribution >= 4 is 17.7 Å². The first-order valence-corrected chi connectivity index (χ1v) is 29.8. The molecule has 6 aliphatic carbocycles. The Morgan fingerprint density at radius 3 is 2.45 bits per heavy atom. The average molecular weight is 1030 g/mol. The average Bonchev–Trinajstić information content (AvgIpc) is 3.05. The summed E-state index contributed by atoms with van der Waals surface area (Å²) in [6, 6.07) is 13.0. The number of rotatable bonds is 10. The van der Waals surface area contributed by atoms with E-state index in [-0.39, 0.29) is 60.5 Å². The molecule has 14 rings (SSSR count). The molecule has 12 aliphatic rings. The van der Waals surface area contributed by atoms with Crippen LogP contribution < -0.4 is 5.32 Å². The van der Waals surface area contributed by atoms with Crippen LogP contribution in [-0.2, 0) is 46.2 Å². The van der Waals surface area contributed by atoms with Gasteiger partial charge >= 0.3 is 11.9 Å². The number of epoxide rings is 1. The number of Topliss-reactive ketones (excluding diaryl/α,β-unsaturated/α-hetero) is 1. The standard InChI is InChI=1S/C62H82N2O11/c1-57-25-20-48-60-34-72-56(70)59(23-9-10-24-59)55(60)75-58(2,40-15-7-4-8-16-40)50(60)49(67)51(68)61(48,41-17-11-14-37(29-41)28-36-12-5-3-6-13-36)62(57)53(74-62)54(69)73-52(57)43-22-27-71-47(43)31-44(46(66)33-65)38-18-19-42-39(30-38)21-26-64-35-63-32-45(42)64/h3,5-6,12-13,21-22,26-27,37-42,44-46,48,50-53,55,63,65-66,68H,4,7-11,14-20,23-25,28-35H2,1-2H3/t37-,38-,39+,41-,42-,44-,45+,46+,48+,50+,51+,52-,53+,55-,57-,58+,60+,61-,62+/m0/s1. The fourth-order valence-corrected chi connectivity index (χ4v) is 21.2. The molecular weight excluding hydrogens is 949 g/mol. The Hall–Kier alpha value is -3.59. The highest BCUT2D eigenvalue weighted by Crippen LogP contribution is 2.84. The minimum absolute atomic E-state index is 0.0520. The minimum atomic E-state index is -1.47. The number of nitrogens with zero attached hydrogens (tertiary/aromatic N) is 1. The monoisotopic (exact) mass is 1030 g/mol. The number of nitrogens with one attached hydrogen (secondary N) is 1. The van der Waals surface area contributed by atoms with E-state index in [0.717, 1.165) is 115 Å². The number of esters is 2. The van der Waals surface area contributed by atoms with Gasteiger partial charge in [0.05, 0.1) is 48.7 Å². The molecule has 0 amide bonds. The second-order valence-corrected chi connectivity index (χ2v) is 27.1. The smallest absolute Gasteiger partial charge is 0.339 e. The maximum Gasteiger partial charge on any atom is 0.339 e. The molecule has 19 atom stereocenters. The van der Waals surface area contributed by atoms with Crippen LogP contribution >= 0.6 is 0 Å². The number of benzene rings is 1. The summed E-state index contributed by atoms with van der Waals surface area (Å²) in [6.45, 7) is 5.88. The number of carbonyl (C=O) groups excluding carboxylic acids is 3. The maximum absolute atomic E-state index is 16.7. The van der Waals surface area contributed by atoms with E-state index in [1.807, 2.05) is 6.07 Å². The molecule has 5 saturated heterocycles. The third kappa shape index (κ3) is 6.72. The van der Waals surface area contributed by atoms with Crippen molar-refractivity contribution in [1.29, 1.82) is 0 Å². The number of ketones is 1. The van der Waals surface area contributed by atoms with Crippen molar-refractivity contribution in [3.05, 3.63) is 71.8 Å². The molecule has 4 N–H and O–H groups in total. The second kappa shape index (κ2) is 18.0. The summed E-state index contributed by atoms with van der Waals surface area (Å²) in [7, 11) is 0. The molecule has 13 heteroatoms. The van der Waals surface area contributed by atoms with Gasteiger partial charge in [0, 0.05) is 40.8 Å². The van der Waals surface area contributed by atoms with Gasteiger partial charge in [-0.05, 0) is 149 Å². The zero-order valence-corrected chi connectivity index (χ0v) is 44.4. The number of carbonyl (C=O) groups is 3. The van der Waals surface area contributed by atoms with E-state index < -0.39 is 75.3 Å². The van der Waals surface area contributed by atoms with Crippen molar-refractivity contribution < 1.29 is 53.1 Å². The molecule has 2 aromatic rings. The van der Waals surface area contributed by atoms with E-state index in [1.165, 1.54) is 5.56 Å². The number of fused-ring (bicyclic) bond motifs is 5. The minimum Gasteiger partial charge on any atom is -0.469 e. The van der Waals surface area contributed by atoms with E-state index in [2.05, 4.69) is 66.7 Å². The summed E-state index contributed by atoms with van der Waals surface area (Å²) in [5, 5.41) is 40.1. The fourth-order valence-electron chi connectivity index (χ4n) is 21.2. The highest BCUT2D eigenvalue weighted by molar-refractivity contribution is 5.93. The molecule has 6 aliphatic heterocycles. The van der Waals surface area contributed by atoms with Crippen LogP contribution in [0.3, 0.4) is 0 Å². The van der Waals surface area contributed by atoms with Crippen molar-refractivity contribution in [2.24, 2.45) is 74.9 Å². The van der Waals surface area contributed by atoms with Gasteiger partial charge in [0.25, 0.3) is 0 Å². The Morgan fingerprint density at radius 1 is 0.853 bits per heavy atom. The largest absolute Gasteiger partial charge is 0.469 e. The van der Waals surface area contributed by atoms with Crippen molar-refractivity contribution in [1.82, 2.24) is 10.2 Å². The normalized spacial score (nSPS) is 46.3. The number of hydrogen-bond donors (Lipinski definition) is 4. The number of aliphatic hydroxyl groups is 3. The van der Waals surface area contributed by atoms with Crippen LogP contribution in [0.4, 0.5) is 0 Å². The number of hydrogen-bond acceptors (Lipinski definition) is 13. The molecule has 13 nitrogen and oxygen atoms in total. The van der Waals surface area contributed by atoms with Crippen LogP contribution in [0.25, 0.3) is 0 Å². The lowest BCUT2D eigenvalue weighted by Gasteiger charge is -2.71. The zero-order chi connectivity index (χ0) is 51.3. The zero-order valence-electron chi connectivity index (χ0n) is 44.4. The van der Waals surface area contributed by atoms with Crippen molar-refractivity contribution in [3.8, 4) is 0 Å². The first-order chi connectivity index (χ1) is 36.4. The highest BCUT2D eigenvalue weighted by Gasteiger charge is 2.94. The molecule has 1 aromatic heterocycles. The lowest BCUT2D eigenvalue weighted by Crippen LogP contribution is -2.80. The highest BCUT2D eigenvalue weighted by atomic mass is 16.7. The van der Waals surface area contributed by atoms with Crippen LogP contribution in [-0.4, -0.2) is 106 Å². The molecule has 0 unspecified atom stereocenters. The van der Waals surface area contributed by atoms with Gasteiger partial charge in [-0.25, -0.2) is 4.79 Å². The lowest BCUT2D eigenvalue weighted by molar-refractivity contribution is -0.285. The summed E-state index contributed by atoms with van der Waals surface area (Å²) >= 11 is 0. The summed E-state index contributed by atoms with van der Waals surface area (Å²) in [5.74, 6) is -0.493. The molecule has 11 fully saturated rings. The number of aliphatic hydroxyl groups excluding tert-OH is 3. The predicted octanol–water partition coefficient (Wildman–Crippen LogP) is 8.17. The molecular formula is C62H82N2O11. The number of furan rings is 1. The number of ether oxygens (including phenoxy) is 4. The van der Waals surface area contributed by atoms with Gasteiger partial charge in [-0.15, -0.1) is 0 Å². The number of allylic oxidation sites excluding steroid dienone is 1. The predicted molar refractivity (Wildman–Crippen MR) is 275 cm³/mol. The third-order valence-electron chi connectivity index (χ3n) is 24.2. The van der Waals surface area contributed by atoms with Crippen LogP contribution in [0.1, 0.15) is 152 Å².